The van der Waals surface area contributed by atoms with E-state index in [4.69, 9.17) is 9.84 Å². The fourth-order valence-corrected chi connectivity index (χ4v) is 3.29. The predicted molar refractivity (Wildman–Crippen MR) is 128 cm³/mol. The molecule has 0 aliphatic rings. The highest BCUT2D eigenvalue weighted by molar-refractivity contribution is 5.95. The molecule has 0 unspecified atom stereocenters. The summed E-state index contributed by atoms with van der Waals surface area (Å²) in [7, 11) is 0. The molecule has 0 aliphatic carbocycles. The molecule has 1 atom stereocenters. The quantitative estimate of drug-likeness (QED) is 0.658. The van der Waals surface area contributed by atoms with Gasteiger partial charge >= 0.3 is 6.09 Å². The molecule has 1 aromatic heterocycles. The monoisotopic (exact) mass is 442 g/mol. The number of benzene rings is 1. The summed E-state index contributed by atoms with van der Waals surface area (Å²) in [6.45, 7) is 17.3. The summed E-state index contributed by atoms with van der Waals surface area (Å²) < 4.78 is 7.07. The number of hydrogen-bond donors (Lipinski definition) is 2. The number of nitrogens with zero attached hydrogens (tertiary/aromatic N) is 2. The van der Waals surface area contributed by atoms with Gasteiger partial charge in [-0.25, -0.2) is 9.48 Å². The number of ether oxygens (including phenoxy) is 1. The largest absolute Gasteiger partial charge is 0.444 e. The molecular formula is C25H38N4O3. The molecule has 0 spiro atoms. The van der Waals surface area contributed by atoms with Crippen molar-refractivity contribution in [3.63, 3.8) is 0 Å². The van der Waals surface area contributed by atoms with Gasteiger partial charge in [0.25, 0.3) is 0 Å². The number of rotatable bonds is 6. The number of aromatic nitrogens is 2. The van der Waals surface area contributed by atoms with E-state index in [1.807, 2.05) is 49.7 Å². The number of amides is 2. The molecule has 0 bridgehead atoms. The van der Waals surface area contributed by atoms with Crippen LogP contribution in [-0.2, 0) is 26.9 Å². The minimum Gasteiger partial charge on any atom is -0.444 e. The van der Waals surface area contributed by atoms with Crippen molar-refractivity contribution < 1.29 is 14.3 Å². The molecule has 32 heavy (non-hydrogen) atoms. The molecule has 2 N–H and O–H groups in total. The average molecular weight is 443 g/mol. The van der Waals surface area contributed by atoms with Crippen molar-refractivity contribution in [2.45, 2.75) is 91.3 Å². The highest BCUT2D eigenvalue weighted by atomic mass is 16.6. The van der Waals surface area contributed by atoms with E-state index in [2.05, 4.69) is 36.6 Å². The lowest BCUT2D eigenvalue weighted by molar-refractivity contribution is -0.117. The van der Waals surface area contributed by atoms with Crippen LogP contribution >= 0.6 is 0 Å². The number of anilines is 1. The van der Waals surface area contributed by atoms with Crippen molar-refractivity contribution in [1.29, 1.82) is 0 Å². The first-order valence-electron chi connectivity index (χ1n) is 11.0. The SMILES string of the molecule is C[C@H](NC(=O)OC(C)(C)C)C(=O)Nc1cc(C(C)(C)Cc2ccccc2)nn1C(C)(C)C. The highest BCUT2D eigenvalue weighted by Crippen LogP contribution is 2.31. The third kappa shape index (κ3) is 7.11. The zero-order chi connectivity index (χ0) is 24.3. The Morgan fingerprint density at radius 2 is 1.62 bits per heavy atom. The number of carbonyl (C=O) groups is 2. The summed E-state index contributed by atoms with van der Waals surface area (Å²) in [5, 5.41) is 10.4. The molecule has 2 amide bonds. The van der Waals surface area contributed by atoms with Gasteiger partial charge in [0.15, 0.2) is 0 Å². The van der Waals surface area contributed by atoms with E-state index in [9.17, 15) is 9.59 Å². The van der Waals surface area contributed by atoms with Crippen molar-refractivity contribution in [2.24, 2.45) is 0 Å². The second-order valence-corrected chi connectivity index (χ2v) is 10.9. The van der Waals surface area contributed by atoms with E-state index in [1.54, 1.807) is 27.7 Å². The Labute approximate surface area is 191 Å². The minimum absolute atomic E-state index is 0.238. The molecule has 176 valence electrons. The van der Waals surface area contributed by atoms with Crippen LogP contribution in [0.1, 0.15) is 73.6 Å². The lowest BCUT2D eigenvalue weighted by Gasteiger charge is -2.25. The number of carbonyl (C=O) groups excluding carboxylic acids is 2. The zero-order valence-electron chi connectivity index (χ0n) is 20.9. The second kappa shape index (κ2) is 9.35. The maximum Gasteiger partial charge on any atom is 0.408 e. The van der Waals surface area contributed by atoms with Gasteiger partial charge in [0.1, 0.15) is 17.5 Å². The van der Waals surface area contributed by atoms with Crippen LogP contribution in [-0.4, -0.2) is 33.4 Å². The lowest BCUT2D eigenvalue weighted by Crippen LogP contribution is -2.44. The summed E-state index contributed by atoms with van der Waals surface area (Å²) in [6.07, 6.45) is 0.188. The Bertz CT molecular complexity index is 934. The molecule has 7 heteroatoms. The van der Waals surface area contributed by atoms with Gasteiger partial charge in [-0.15, -0.1) is 0 Å². The minimum atomic E-state index is -0.769. The van der Waals surface area contributed by atoms with Crippen LogP contribution < -0.4 is 10.6 Å². The first kappa shape index (κ1) is 25.4. The topological polar surface area (TPSA) is 85.2 Å². The van der Waals surface area contributed by atoms with Crippen LogP contribution in [0, 0.1) is 0 Å². The third-order valence-corrected chi connectivity index (χ3v) is 4.90. The summed E-state index contributed by atoms with van der Waals surface area (Å²) in [4.78, 5) is 24.9. The van der Waals surface area contributed by atoms with Gasteiger partial charge < -0.3 is 15.4 Å². The van der Waals surface area contributed by atoms with E-state index < -0.39 is 17.7 Å². The Hall–Kier alpha value is -2.83. The maximum atomic E-state index is 12.8. The highest BCUT2D eigenvalue weighted by Gasteiger charge is 2.30. The summed E-state index contributed by atoms with van der Waals surface area (Å²) >= 11 is 0. The van der Waals surface area contributed by atoms with Gasteiger partial charge in [0, 0.05) is 11.5 Å². The Kier molecular flexibility index (Phi) is 7.43. The predicted octanol–water partition coefficient (Wildman–Crippen LogP) is 5.01. The zero-order valence-corrected chi connectivity index (χ0v) is 20.9. The van der Waals surface area contributed by atoms with E-state index >= 15 is 0 Å². The Balaban J connectivity index is 2.23. The van der Waals surface area contributed by atoms with E-state index in [0.717, 1.165) is 12.1 Å². The van der Waals surface area contributed by atoms with Gasteiger partial charge in [-0.3, -0.25) is 4.79 Å². The van der Waals surface area contributed by atoms with E-state index in [1.165, 1.54) is 5.56 Å². The molecule has 0 aliphatic heterocycles. The van der Waals surface area contributed by atoms with Crippen LogP contribution in [0.15, 0.2) is 36.4 Å². The van der Waals surface area contributed by atoms with Crippen LogP contribution in [0.5, 0.6) is 0 Å². The van der Waals surface area contributed by atoms with Crippen molar-refractivity contribution in [2.75, 3.05) is 5.32 Å². The second-order valence-electron chi connectivity index (χ2n) is 10.9. The molecule has 0 fully saturated rings. The van der Waals surface area contributed by atoms with Gasteiger partial charge in [-0.2, -0.15) is 5.10 Å². The first-order chi connectivity index (χ1) is 14.6. The lowest BCUT2D eigenvalue weighted by atomic mass is 9.83. The maximum absolute atomic E-state index is 12.8. The van der Waals surface area contributed by atoms with Crippen molar-refractivity contribution in [3.8, 4) is 0 Å². The van der Waals surface area contributed by atoms with Crippen LogP contribution in [0.4, 0.5) is 10.6 Å². The molecule has 1 heterocycles. The van der Waals surface area contributed by atoms with Gasteiger partial charge in [-0.1, -0.05) is 44.2 Å². The van der Waals surface area contributed by atoms with Crippen LogP contribution in [0.25, 0.3) is 0 Å². The van der Waals surface area contributed by atoms with Gasteiger partial charge in [0.05, 0.1) is 11.2 Å². The van der Waals surface area contributed by atoms with Gasteiger partial charge in [-0.05, 0) is 60.5 Å². The number of nitrogens with one attached hydrogen (secondary N) is 2. The first-order valence-corrected chi connectivity index (χ1v) is 11.0. The van der Waals surface area contributed by atoms with E-state index in [0.29, 0.717) is 5.82 Å². The fraction of sp³-hybridized carbons (Fsp3) is 0.560. The van der Waals surface area contributed by atoms with Crippen molar-refractivity contribution in [3.05, 3.63) is 47.7 Å². The molecule has 0 saturated heterocycles. The number of hydrogen-bond acceptors (Lipinski definition) is 4. The molecular weight excluding hydrogens is 404 g/mol. The molecule has 1 aromatic carbocycles. The summed E-state index contributed by atoms with van der Waals surface area (Å²) in [6, 6.07) is 11.4. The van der Waals surface area contributed by atoms with E-state index in [-0.39, 0.29) is 16.9 Å². The number of alkyl carbamates (subject to hydrolysis) is 1. The molecule has 7 nitrogen and oxygen atoms in total. The van der Waals surface area contributed by atoms with Crippen LogP contribution in [0.3, 0.4) is 0 Å². The molecule has 2 aromatic rings. The van der Waals surface area contributed by atoms with Crippen LogP contribution in [0.2, 0.25) is 0 Å². The third-order valence-electron chi connectivity index (χ3n) is 4.90. The Morgan fingerprint density at radius 3 is 2.16 bits per heavy atom. The fourth-order valence-electron chi connectivity index (χ4n) is 3.29. The normalized spacial score (nSPS) is 13.4. The molecule has 0 radical (unpaired) electrons. The van der Waals surface area contributed by atoms with Crippen molar-refractivity contribution in [1.82, 2.24) is 15.1 Å². The summed E-state index contributed by atoms with van der Waals surface area (Å²) in [5.74, 6) is 0.255. The van der Waals surface area contributed by atoms with Gasteiger partial charge in [0.2, 0.25) is 5.91 Å². The standard InChI is InChI=1S/C25H38N4O3/c1-17(26-22(31)32-24(5,6)7)21(30)27-20-15-19(28-29(20)23(2,3)4)25(8,9)16-18-13-11-10-12-14-18/h10-15,17H,16H2,1-9H3,(H,26,31)(H,27,30)/t17-/m0/s1. The average Bonchev–Trinajstić information content (AvgIpc) is 3.05. The Morgan fingerprint density at radius 1 is 1.03 bits per heavy atom. The van der Waals surface area contributed by atoms with Crippen molar-refractivity contribution >= 4 is 17.8 Å². The smallest absolute Gasteiger partial charge is 0.408 e. The molecule has 0 saturated carbocycles. The molecule has 2 rings (SSSR count). The summed E-state index contributed by atoms with van der Waals surface area (Å²) in [5.41, 5.74) is 0.899.